The number of carboxylic acid groups (broad SMARTS) is 1. The molecule has 0 saturated heterocycles. The molecule has 0 bridgehead atoms. The number of carbonyl (C=O) groups is 1. The third-order valence-corrected chi connectivity index (χ3v) is 2.67. The summed E-state index contributed by atoms with van der Waals surface area (Å²) >= 11 is 0. The molecule has 1 aromatic heterocycles. The summed E-state index contributed by atoms with van der Waals surface area (Å²) in [6, 6.07) is 7.47. The van der Waals surface area contributed by atoms with Crippen molar-refractivity contribution in [1.82, 2.24) is 15.0 Å². The number of rotatable bonds is 4. The zero-order chi connectivity index (χ0) is 13.1. The van der Waals surface area contributed by atoms with Gasteiger partial charge in [-0.1, -0.05) is 29.5 Å². The topological polar surface area (TPSA) is 88.2 Å². The van der Waals surface area contributed by atoms with E-state index in [9.17, 15) is 9.90 Å². The van der Waals surface area contributed by atoms with Crippen LogP contribution in [0.2, 0.25) is 0 Å². The number of aryl methyl sites for hydroxylation is 1. The van der Waals surface area contributed by atoms with Crippen LogP contribution in [0.1, 0.15) is 27.7 Å². The fourth-order valence-corrected chi connectivity index (χ4v) is 1.72. The first kappa shape index (κ1) is 12.3. The smallest absolute Gasteiger partial charge is 0.358 e. The molecule has 0 saturated carbocycles. The molecule has 0 aliphatic rings. The maximum Gasteiger partial charge on any atom is 0.358 e. The molecule has 0 aliphatic carbocycles. The van der Waals surface area contributed by atoms with Gasteiger partial charge in [-0.2, -0.15) is 0 Å². The summed E-state index contributed by atoms with van der Waals surface area (Å²) in [6.07, 6.45) is 0.554. The summed E-state index contributed by atoms with van der Waals surface area (Å²) < 4.78 is 1.32. The van der Waals surface area contributed by atoms with Crippen LogP contribution in [-0.4, -0.2) is 31.2 Å². The molecule has 94 valence electrons. The molecule has 18 heavy (non-hydrogen) atoms. The lowest BCUT2D eigenvalue weighted by molar-refractivity contribution is 0.0690. The van der Waals surface area contributed by atoms with Crippen LogP contribution in [0.4, 0.5) is 0 Å². The van der Waals surface area contributed by atoms with Crippen LogP contribution in [0.5, 0.6) is 0 Å². The first-order chi connectivity index (χ1) is 8.58. The van der Waals surface area contributed by atoms with Crippen LogP contribution in [0.3, 0.4) is 0 Å². The summed E-state index contributed by atoms with van der Waals surface area (Å²) in [5, 5.41) is 25.9. The quantitative estimate of drug-likeness (QED) is 0.842. The van der Waals surface area contributed by atoms with Gasteiger partial charge in [-0.05, 0) is 18.1 Å². The van der Waals surface area contributed by atoms with Crippen molar-refractivity contribution in [2.45, 2.75) is 19.6 Å². The van der Waals surface area contributed by atoms with E-state index in [1.54, 1.807) is 0 Å². The van der Waals surface area contributed by atoms with Crippen molar-refractivity contribution in [2.24, 2.45) is 0 Å². The highest BCUT2D eigenvalue weighted by atomic mass is 16.4. The van der Waals surface area contributed by atoms with E-state index in [0.717, 1.165) is 11.1 Å². The SMILES string of the molecule is Cc1ccccc1C(O)Cn1cc(C(=O)O)nn1. The van der Waals surface area contributed by atoms with E-state index in [0.29, 0.717) is 0 Å². The number of hydrogen-bond donors (Lipinski definition) is 2. The normalized spacial score (nSPS) is 12.3. The molecular weight excluding hydrogens is 234 g/mol. The average molecular weight is 247 g/mol. The van der Waals surface area contributed by atoms with E-state index in [-0.39, 0.29) is 12.2 Å². The van der Waals surface area contributed by atoms with Crippen LogP contribution in [0, 0.1) is 6.92 Å². The van der Waals surface area contributed by atoms with Gasteiger partial charge in [0.15, 0.2) is 5.69 Å². The summed E-state index contributed by atoms with van der Waals surface area (Å²) in [5.41, 5.74) is 1.64. The van der Waals surface area contributed by atoms with Crippen LogP contribution in [0.15, 0.2) is 30.5 Å². The summed E-state index contributed by atoms with van der Waals surface area (Å²) in [5.74, 6) is -1.13. The molecule has 2 aromatic rings. The van der Waals surface area contributed by atoms with Gasteiger partial charge in [0.1, 0.15) is 0 Å². The predicted octanol–water partition coefficient (Wildman–Crippen LogP) is 1.02. The van der Waals surface area contributed by atoms with E-state index >= 15 is 0 Å². The number of aromatic carboxylic acids is 1. The third kappa shape index (κ3) is 2.54. The zero-order valence-electron chi connectivity index (χ0n) is 9.82. The van der Waals surface area contributed by atoms with Gasteiger partial charge in [-0.15, -0.1) is 5.10 Å². The minimum Gasteiger partial charge on any atom is -0.476 e. The van der Waals surface area contributed by atoms with Crippen molar-refractivity contribution >= 4 is 5.97 Å². The number of carboxylic acids is 1. The summed E-state index contributed by atoms with van der Waals surface area (Å²) in [6.45, 7) is 2.08. The summed E-state index contributed by atoms with van der Waals surface area (Å²) in [4.78, 5) is 10.6. The number of hydrogen-bond acceptors (Lipinski definition) is 4. The molecule has 6 heteroatoms. The van der Waals surface area contributed by atoms with Crippen molar-refractivity contribution < 1.29 is 15.0 Å². The van der Waals surface area contributed by atoms with Crippen molar-refractivity contribution in [3.63, 3.8) is 0 Å². The Kier molecular flexibility index (Phi) is 3.38. The Morgan fingerprint density at radius 3 is 2.78 bits per heavy atom. The molecule has 0 spiro atoms. The Hall–Kier alpha value is -2.21. The number of aliphatic hydroxyl groups is 1. The Morgan fingerprint density at radius 2 is 2.17 bits per heavy atom. The molecule has 1 unspecified atom stereocenters. The maximum absolute atomic E-state index is 10.6. The van der Waals surface area contributed by atoms with Gasteiger partial charge in [0.05, 0.1) is 18.8 Å². The van der Waals surface area contributed by atoms with Crippen molar-refractivity contribution in [3.05, 3.63) is 47.3 Å². The Bertz CT molecular complexity index is 565. The molecule has 1 heterocycles. The van der Waals surface area contributed by atoms with Crippen LogP contribution in [0.25, 0.3) is 0 Å². The molecule has 1 atom stereocenters. The molecule has 0 fully saturated rings. The fraction of sp³-hybridized carbons (Fsp3) is 0.250. The predicted molar refractivity (Wildman–Crippen MR) is 63.1 cm³/mol. The number of aliphatic hydroxyl groups excluding tert-OH is 1. The maximum atomic E-state index is 10.6. The van der Waals surface area contributed by atoms with Crippen LogP contribution in [-0.2, 0) is 6.54 Å². The summed E-state index contributed by atoms with van der Waals surface area (Å²) in [7, 11) is 0. The van der Waals surface area contributed by atoms with Gasteiger partial charge < -0.3 is 10.2 Å². The van der Waals surface area contributed by atoms with Crippen LogP contribution < -0.4 is 0 Å². The van der Waals surface area contributed by atoms with Crippen molar-refractivity contribution in [3.8, 4) is 0 Å². The average Bonchev–Trinajstić information content (AvgIpc) is 2.78. The monoisotopic (exact) mass is 247 g/mol. The number of aromatic nitrogens is 3. The first-order valence-electron chi connectivity index (χ1n) is 5.45. The molecule has 2 rings (SSSR count). The first-order valence-corrected chi connectivity index (χ1v) is 5.45. The Balaban J connectivity index is 2.13. The molecule has 0 amide bonds. The highest BCUT2D eigenvalue weighted by Gasteiger charge is 2.13. The second kappa shape index (κ2) is 4.97. The lowest BCUT2D eigenvalue weighted by Crippen LogP contribution is -2.10. The molecule has 0 aliphatic heterocycles. The second-order valence-electron chi connectivity index (χ2n) is 4.00. The standard InChI is InChI=1S/C12H13N3O3/c1-8-4-2-3-5-9(8)11(16)7-15-6-10(12(17)18)13-14-15/h2-6,11,16H,7H2,1H3,(H,17,18). The van der Waals surface area contributed by atoms with Gasteiger partial charge in [0.25, 0.3) is 0 Å². The van der Waals surface area contributed by atoms with Gasteiger partial charge in [0, 0.05) is 0 Å². The van der Waals surface area contributed by atoms with Gasteiger partial charge in [0.2, 0.25) is 0 Å². The largest absolute Gasteiger partial charge is 0.476 e. The number of nitrogens with zero attached hydrogens (tertiary/aromatic N) is 3. The van der Waals surface area contributed by atoms with Gasteiger partial charge >= 0.3 is 5.97 Å². The van der Waals surface area contributed by atoms with E-state index in [1.807, 2.05) is 31.2 Å². The van der Waals surface area contributed by atoms with Crippen LogP contribution >= 0.6 is 0 Å². The molecule has 0 radical (unpaired) electrons. The molecule has 1 aromatic carbocycles. The van der Waals surface area contributed by atoms with Gasteiger partial charge in [-0.3, -0.25) is 0 Å². The second-order valence-corrected chi connectivity index (χ2v) is 4.00. The minimum atomic E-state index is -1.13. The highest BCUT2D eigenvalue weighted by molar-refractivity contribution is 5.84. The van der Waals surface area contributed by atoms with Gasteiger partial charge in [-0.25, -0.2) is 9.48 Å². The third-order valence-electron chi connectivity index (χ3n) is 2.67. The lowest BCUT2D eigenvalue weighted by Gasteiger charge is -2.12. The van der Waals surface area contributed by atoms with Crippen molar-refractivity contribution in [2.75, 3.05) is 0 Å². The van der Waals surface area contributed by atoms with E-state index < -0.39 is 12.1 Å². The molecule has 6 nitrogen and oxygen atoms in total. The lowest BCUT2D eigenvalue weighted by atomic mass is 10.0. The minimum absolute atomic E-state index is 0.132. The highest BCUT2D eigenvalue weighted by Crippen LogP contribution is 2.18. The van der Waals surface area contributed by atoms with E-state index in [1.165, 1.54) is 10.9 Å². The zero-order valence-corrected chi connectivity index (χ0v) is 9.82. The van der Waals surface area contributed by atoms with E-state index in [2.05, 4.69) is 10.3 Å². The Labute approximate surface area is 103 Å². The Morgan fingerprint density at radius 1 is 1.44 bits per heavy atom. The number of benzene rings is 1. The molecule has 2 N–H and O–H groups in total. The molecular formula is C12H13N3O3. The van der Waals surface area contributed by atoms with E-state index in [4.69, 9.17) is 5.11 Å². The fourth-order valence-electron chi connectivity index (χ4n) is 1.72. The van der Waals surface area contributed by atoms with Crippen molar-refractivity contribution in [1.29, 1.82) is 0 Å².